The number of para-hydroxylation sites is 1. The van der Waals surface area contributed by atoms with E-state index in [4.69, 9.17) is 23.9 Å². The van der Waals surface area contributed by atoms with Crippen molar-refractivity contribution < 1.29 is 37.1 Å². The third-order valence-corrected chi connectivity index (χ3v) is 16.7. The summed E-state index contributed by atoms with van der Waals surface area (Å²) in [5.74, 6) is 0.755. The molecule has 4 saturated heterocycles. The van der Waals surface area contributed by atoms with Crippen LogP contribution in [0.5, 0.6) is 11.6 Å². The van der Waals surface area contributed by atoms with Crippen molar-refractivity contribution in [2.24, 2.45) is 11.3 Å². The number of piperidine rings is 1. The summed E-state index contributed by atoms with van der Waals surface area (Å²) in [6.07, 6.45) is 9.87. The van der Waals surface area contributed by atoms with Crippen molar-refractivity contribution in [3.63, 3.8) is 0 Å². The second-order valence-electron chi connectivity index (χ2n) is 20.0. The fourth-order valence-electron chi connectivity index (χ4n) is 11.7. The molecule has 17 nitrogen and oxygen atoms in total. The van der Waals surface area contributed by atoms with E-state index in [0.29, 0.717) is 68.0 Å². The van der Waals surface area contributed by atoms with Gasteiger partial charge in [-0.1, -0.05) is 18.2 Å². The molecule has 5 fully saturated rings. The smallest absolute Gasteiger partial charge is 0.293 e. The van der Waals surface area contributed by atoms with Crippen molar-refractivity contribution in [2.45, 2.75) is 100 Å². The van der Waals surface area contributed by atoms with Gasteiger partial charge in [0.15, 0.2) is 0 Å². The molecule has 0 radical (unpaired) electrons. The van der Waals surface area contributed by atoms with Crippen LogP contribution in [-0.2, 0) is 19.5 Å². The zero-order valence-corrected chi connectivity index (χ0v) is 39.9. The molecule has 1 aliphatic carbocycles. The third-order valence-electron chi connectivity index (χ3n) is 15.4. The minimum Gasteiger partial charge on any atom is -0.491 e. The topological polar surface area (TPSA) is 194 Å². The van der Waals surface area contributed by atoms with Gasteiger partial charge >= 0.3 is 0 Å². The van der Waals surface area contributed by atoms with Crippen LogP contribution in [-0.4, -0.2) is 111 Å². The van der Waals surface area contributed by atoms with Crippen LogP contribution in [0, 0.1) is 21.4 Å². The van der Waals surface area contributed by atoms with Crippen LogP contribution >= 0.6 is 0 Å². The molecule has 69 heavy (non-hydrogen) atoms. The number of nitrogens with zero attached hydrogens (tertiary/aromatic N) is 5. The van der Waals surface area contributed by atoms with E-state index in [-0.39, 0.29) is 34.7 Å². The van der Waals surface area contributed by atoms with E-state index in [1.165, 1.54) is 24.1 Å². The fraction of sp³-hybridized carbons (Fsp3) is 0.490. The number of likely N-dealkylation sites (tertiary alicyclic amines) is 1. The van der Waals surface area contributed by atoms with Crippen LogP contribution in [0.4, 0.5) is 28.4 Å². The molecule has 2 aromatic heterocycles. The highest BCUT2D eigenvalue weighted by Crippen LogP contribution is 2.55. The van der Waals surface area contributed by atoms with Gasteiger partial charge < -0.3 is 39.0 Å². The Morgan fingerprint density at radius 3 is 2.58 bits per heavy atom. The summed E-state index contributed by atoms with van der Waals surface area (Å²) in [6, 6.07) is 22.2. The Hall–Kier alpha value is -5.95. The minimum absolute atomic E-state index is 0.107. The quantitative estimate of drug-likeness (QED) is 0.0757. The second-order valence-corrected chi connectivity index (χ2v) is 21.7. The van der Waals surface area contributed by atoms with Crippen molar-refractivity contribution in [3.8, 4) is 11.6 Å². The predicted molar refractivity (Wildman–Crippen MR) is 261 cm³/mol. The lowest BCUT2D eigenvalue weighted by Crippen LogP contribution is -2.55. The van der Waals surface area contributed by atoms with E-state index in [1.54, 1.807) is 12.3 Å². The number of pyridine rings is 1. The monoisotopic (exact) mass is 960 g/mol. The first kappa shape index (κ1) is 45.5. The lowest BCUT2D eigenvalue weighted by atomic mass is 9.60. The van der Waals surface area contributed by atoms with E-state index >= 15 is 0 Å². The number of fused-ring (bicyclic) bond motifs is 3. The molecular weight excluding hydrogens is 901 g/mol. The summed E-state index contributed by atoms with van der Waals surface area (Å²) in [7, 11) is -4.59. The molecule has 364 valence electrons. The number of sulfonamides is 1. The number of nitro benzene ring substituents is 1. The third kappa shape index (κ3) is 8.85. The molecule has 18 heteroatoms. The summed E-state index contributed by atoms with van der Waals surface area (Å²) in [4.78, 5) is 40.9. The number of amides is 1. The van der Waals surface area contributed by atoms with Crippen LogP contribution in [0.25, 0.3) is 11.0 Å². The van der Waals surface area contributed by atoms with E-state index in [1.807, 2.05) is 29.2 Å². The van der Waals surface area contributed by atoms with Crippen molar-refractivity contribution in [1.82, 2.24) is 19.6 Å². The van der Waals surface area contributed by atoms with Crippen molar-refractivity contribution in [1.29, 1.82) is 0 Å². The maximum Gasteiger partial charge on any atom is 0.293 e. The second kappa shape index (κ2) is 18.4. The van der Waals surface area contributed by atoms with Gasteiger partial charge in [-0.05, 0) is 132 Å². The number of hydrogen-bond donors (Lipinski definition) is 3. The Labute approximate surface area is 402 Å². The predicted octanol–water partition coefficient (Wildman–Crippen LogP) is 8.10. The molecule has 1 spiro atoms. The molecular formula is C51H60N8O9S. The summed E-state index contributed by atoms with van der Waals surface area (Å²) < 4.78 is 54.5. The Kier molecular flexibility index (Phi) is 12.1. The largest absolute Gasteiger partial charge is 0.491 e. The standard InChI is InChI=1S/C51H60N8O9S/c1-32(2)67-46-8-4-3-6-38(46)41-7-5-19-57(41)36-27-51(28-36)16-20-56(21-17-51)35-9-11-39(42(25-35)58-44-24-34-13-18-52-48(34)54-50(44)68-47-31-66-30-45(47)58)49(60)55-69(63,64)37-10-12-40(43(26-37)59(61)62)53-29-33-14-22-65-23-15-33/h3-4,6,8-13,18,24-26,32-33,36,41,45,47,53H,5,7,14-17,19-23,27-31H2,1-2H3,(H,52,54)(H,55,60)/t41-,45+,47+/m0/s1. The Morgan fingerprint density at radius 1 is 0.971 bits per heavy atom. The number of H-pyrrole nitrogens is 1. The lowest BCUT2D eigenvalue weighted by molar-refractivity contribution is -0.384. The Bertz CT molecular complexity index is 2850. The molecule has 3 atom stereocenters. The van der Waals surface area contributed by atoms with Gasteiger partial charge in [-0.25, -0.2) is 13.1 Å². The number of ether oxygens (including phenoxy) is 4. The van der Waals surface area contributed by atoms with Gasteiger partial charge in [0.1, 0.15) is 28.9 Å². The highest BCUT2D eigenvalue weighted by Gasteiger charge is 2.50. The molecule has 5 aromatic rings. The highest BCUT2D eigenvalue weighted by molar-refractivity contribution is 7.90. The van der Waals surface area contributed by atoms with Crippen LogP contribution < -0.4 is 29.3 Å². The van der Waals surface area contributed by atoms with E-state index in [2.05, 4.69) is 62.9 Å². The first-order valence-corrected chi connectivity index (χ1v) is 26.0. The molecule has 7 heterocycles. The van der Waals surface area contributed by atoms with Gasteiger partial charge in [-0.3, -0.25) is 19.8 Å². The molecule has 1 saturated carbocycles. The molecule has 1 amide bonds. The van der Waals surface area contributed by atoms with Gasteiger partial charge in [0.05, 0.1) is 46.4 Å². The molecule has 6 aliphatic rings. The average molecular weight is 961 g/mol. The number of aromatic nitrogens is 2. The van der Waals surface area contributed by atoms with Gasteiger partial charge in [0, 0.05) is 73.8 Å². The summed E-state index contributed by atoms with van der Waals surface area (Å²) in [5, 5.41) is 16.3. The molecule has 0 unspecified atom stereocenters. The number of carbonyl (C=O) groups is 1. The van der Waals surface area contributed by atoms with Crippen LogP contribution in [0.15, 0.2) is 83.9 Å². The average Bonchev–Trinajstić information content (AvgIpc) is 4.13. The molecule has 3 aromatic carbocycles. The van der Waals surface area contributed by atoms with E-state index in [9.17, 15) is 23.3 Å². The van der Waals surface area contributed by atoms with Gasteiger partial charge in [0.2, 0.25) is 5.88 Å². The van der Waals surface area contributed by atoms with Gasteiger partial charge in [-0.15, -0.1) is 0 Å². The number of anilines is 4. The van der Waals surface area contributed by atoms with Crippen molar-refractivity contribution in [2.75, 3.05) is 67.7 Å². The number of benzene rings is 3. The number of nitrogens with one attached hydrogen (secondary N) is 3. The van der Waals surface area contributed by atoms with Gasteiger partial charge in [-0.2, -0.15) is 4.98 Å². The first-order valence-electron chi connectivity index (χ1n) is 24.5. The SMILES string of the molecule is CC(C)Oc1ccccc1[C@@H]1CCCN1C1CC2(CCN(c3ccc(C(=O)NS(=O)(=O)c4ccc(NCC5CCOCC5)c([N+](=O)[O-])c4)c(N4c5cc6cc[nH]c6nc5O[C@@H]5COC[C@H]54)c3)CC2)C1. The maximum absolute atomic E-state index is 14.6. The zero-order chi connectivity index (χ0) is 47.4. The van der Waals surface area contributed by atoms with Crippen LogP contribution in [0.1, 0.15) is 87.2 Å². The van der Waals surface area contributed by atoms with E-state index < -0.39 is 37.5 Å². The number of aromatic amines is 1. The van der Waals surface area contributed by atoms with E-state index in [0.717, 1.165) is 87.5 Å². The lowest BCUT2D eigenvalue weighted by Gasteiger charge is -2.56. The van der Waals surface area contributed by atoms with Crippen LogP contribution in [0.3, 0.4) is 0 Å². The molecule has 3 N–H and O–H groups in total. The normalized spacial score (nSPS) is 22.9. The Morgan fingerprint density at radius 2 is 1.78 bits per heavy atom. The first-order chi connectivity index (χ1) is 33.4. The van der Waals surface area contributed by atoms with Crippen molar-refractivity contribution >= 4 is 55.4 Å². The number of rotatable bonds is 13. The molecule has 0 bridgehead atoms. The number of carbonyl (C=O) groups excluding carboxylic acids is 1. The molecule has 11 rings (SSSR count). The summed E-state index contributed by atoms with van der Waals surface area (Å²) >= 11 is 0. The zero-order valence-electron chi connectivity index (χ0n) is 39.1. The van der Waals surface area contributed by atoms with Crippen LogP contribution in [0.2, 0.25) is 0 Å². The number of hydrogen-bond acceptors (Lipinski definition) is 14. The van der Waals surface area contributed by atoms with Crippen molar-refractivity contribution in [3.05, 3.63) is 100 Å². The maximum atomic E-state index is 14.6. The number of nitro groups is 1. The van der Waals surface area contributed by atoms with Gasteiger partial charge in [0.25, 0.3) is 21.6 Å². The minimum atomic E-state index is -4.59. The Balaban J connectivity index is 0.859. The summed E-state index contributed by atoms with van der Waals surface area (Å²) in [5.41, 5.74) is 4.13. The highest BCUT2D eigenvalue weighted by atomic mass is 32.2. The summed E-state index contributed by atoms with van der Waals surface area (Å²) in [6.45, 7) is 9.28. The molecule has 5 aliphatic heterocycles. The fourth-order valence-corrected chi connectivity index (χ4v) is 12.7.